The highest BCUT2D eigenvalue weighted by Gasteiger charge is 2.50. The first-order chi connectivity index (χ1) is 7.11. The zero-order valence-electron chi connectivity index (χ0n) is 8.39. The van der Waals surface area contributed by atoms with Crippen LogP contribution in [0.4, 0.5) is 0 Å². The van der Waals surface area contributed by atoms with E-state index in [-0.39, 0.29) is 23.9 Å². The van der Waals surface area contributed by atoms with E-state index in [0.717, 1.165) is 12.5 Å². The van der Waals surface area contributed by atoms with E-state index in [0.29, 0.717) is 12.8 Å². The topological polar surface area (TPSA) is 63.6 Å². The van der Waals surface area contributed by atoms with Crippen LogP contribution < -0.4 is 0 Å². The molecular weight excluding hydrogens is 196 g/mol. The Morgan fingerprint density at radius 2 is 2.00 bits per heavy atom. The highest BCUT2D eigenvalue weighted by molar-refractivity contribution is 5.81. The predicted molar refractivity (Wildman–Crippen MR) is 52.0 cm³/mol. The molecule has 0 saturated heterocycles. The van der Waals surface area contributed by atoms with Gasteiger partial charge in [-0.3, -0.25) is 4.79 Å². The Bertz CT molecular complexity index is 310. The minimum atomic E-state index is -0.712. The zero-order valence-corrected chi connectivity index (χ0v) is 8.39. The number of carboxylic acid groups (broad SMARTS) is 1. The van der Waals surface area contributed by atoms with E-state index in [2.05, 4.69) is 6.58 Å². The van der Waals surface area contributed by atoms with Gasteiger partial charge in [-0.1, -0.05) is 6.58 Å². The Hall–Kier alpha value is -1.32. The van der Waals surface area contributed by atoms with Crippen molar-refractivity contribution in [2.75, 3.05) is 0 Å². The van der Waals surface area contributed by atoms with Gasteiger partial charge in [0.1, 0.15) is 6.10 Å². The molecule has 0 amide bonds. The molecule has 1 N–H and O–H groups in total. The van der Waals surface area contributed by atoms with Gasteiger partial charge in [0.2, 0.25) is 0 Å². The maximum Gasteiger partial charge on any atom is 0.330 e. The molecule has 0 heterocycles. The van der Waals surface area contributed by atoms with E-state index >= 15 is 0 Å². The Morgan fingerprint density at radius 3 is 2.47 bits per heavy atom. The monoisotopic (exact) mass is 210 g/mol. The molecule has 2 fully saturated rings. The van der Waals surface area contributed by atoms with E-state index in [9.17, 15) is 9.59 Å². The molecule has 4 unspecified atom stereocenters. The summed E-state index contributed by atoms with van der Waals surface area (Å²) in [5.74, 6) is -0.917. The Labute approximate surface area is 87.9 Å². The third-order valence-corrected chi connectivity index (χ3v) is 3.54. The molecule has 0 spiro atoms. The molecule has 15 heavy (non-hydrogen) atoms. The van der Waals surface area contributed by atoms with Crippen molar-refractivity contribution in [1.29, 1.82) is 0 Å². The van der Waals surface area contributed by atoms with E-state index in [1.807, 2.05) is 0 Å². The molecule has 0 aromatic heterocycles. The van der Waals surface area contributed by atoms with Crippen LogP contribution in [0.15, 0.2) is 12.7 Å². The van der Waals surface area contributed by atoms with Gasteiger partial charge in [-0.2, -0.15) is 0 Å². The number of fused-ring (bicyclic) bond motifs is 2. The average molecular weight is 210 g/mol. The average Bonchev–Trinajstić information content (AvgIpc) is 2.76. The number of hydrogen-bond acceptors (Lipinski definition) is 3. The molecule has 0 aliphatic heterocycles. The first-order valence-electron chi connectivity index (χ1n) is 5.17. The second-order valence-corrected chi connectivity index (χ2v) is 4.35. The zero-order chi connectivity index (χ0) is 11.0. The molecule has 2 bridgehead atoms. The van der Waals surface area contributed by atoms with Crippen molar-refractivity contribution in [3.63, 3.8) is 0 Å². The Balaban J connectivity index is 1.94. The molecule has 0 aromatic carbocycles. The third-order valence-electron chi connectivity index (χ3n) is 3.54. The van der Waals surface area contributed by atoms with Crippen LogP contribution in [0, 0.1) is 17.8 Å². The largest absolute Gasteiger partial charge is 0.481 e. The number of rotatable bonds is 3. The Kier molecular flexibility index (Phi) is 2.50. The molecule has 4 heteroatoms. The van der Waals surface area contributed by atoms with Crippen molar-refractivity contribution in [3.8, 4) is 0 Å². The number of esters is 1. The molecule has 2 saturated carbocycles. The summed E-state index contributed by atoms with van der Waals surface area (Å²) in [6.45, 7) is 3.34. The van der Waals surface area contributed by atoms with Gasteiger partial charge in [-0.05, 0) is 31.1 Å². The fourth-order valence-corrected chi connectivity index (χ4v) is 2.87. The van der Waals surface area contributed by atoms with E-state index in [1.54, 1.807) is 0 Å². The SMILES string of the molecule is C=CC(=O)OC1CC2CC1CC2C(=O)O. The smallest absolute Gasteiger partial charge is 0.330 e. The van der Waals surface area contributed by atoms with Crippen molar-refractivity contribution in [2.24, 2.45) is 17.8 Å². The van der Waals surface area contributed by atoms with Crippen LogP contribution in [0.1, 0.15) is 19.3 Å². The number of carboxylic acids is 1. The summed E-state index contributed by atoms with van der Waals surface area (Å²) in [6, 6.07) is 0. The van der Waals surface area contributed by atoms with Gasteiger partial charge >= 0.3 is 11.9 Å². The van der Waals surface area contributed by atoms with Crippen LogP contribution in [-0.2, 0) is 14.3 Å². The molecule has 4 atom stereocenters. The number of carbonyl (C=O) groups excluding carboxylic acids is 1. The van der Waals surface area contributed by atoms with Gasteiger partial charge in [-0.25, -0.2) is 4.79 Å². The van der Waals surface area contributed by atoms with Crippen molar-refractivity contribution in [2.45, 2.75) is 25.4 Å². The highest BCUT2D eigenvalue weighted by atomic mass is 16.5. The summed E-state index contributed by atoms with van der Waals surface area (Å²) in [5.41, 5.74) is 0. The fraction of sp³-hybridized carbons (Fsp3) is 0.636. The fourth-order valence-electron chi connectivity index (χ4n) is 2.87. The lowest BCUT2D eigenvalue weighted by Crippen LogP contribution is -2.29. The van der Waals surface area contributed by atoms with Gasteiger partial charge in [0.25, 0.3) is 0 Å². The Morgan fingerprint density at radius 1 is 1.27 bits per heavy atom. The number of carbonyl (C=O) groups is 2. The minimum absolute atomic E-state index is 0.0869. The molecule has 4 nitrogen and oxygen atoms in total. The summed E-state index contributed by atoms with van der Waals surface area (Å²) < 4.78 is 5.17. The summed E-state index contributed by atoms with van der Waals surface area (Å²) in [4.78, 5) is 21.9. The van der Waals surface area contributed by atoms with Crippen LogP contribution in [0.2, 0.25) is 0 Å². The third kappa shape index (κ3) is 1.76. The second kappa shape index (κ2) is 3.68. The maximum atomic E-state index is 11.0. The van der Waals surface area contributed by atoms with Crippen molar-refractivity contribution in [3.05, 3.63) is 12.7 Å². The van der Waals surface area contributed by atoms with Crippen LogP contribution in [0.3, 0.4) is 0 Å². The number of ether oxygens (including phenoxy) is 1. The van der Waals surface area contributed by atoms with Gasteiger partial charge in [0.15, 0.2) is 0 Å². The molecule has 2 rings (SSSR count). The van der Waals surface area contributed by atoms with Crippen molar-refractivity contribution >= 4 is 11.9 Å². The van der Waals surface area contributed by atoms with Gasteiger partial charge < -0.3 is 9.84 Å². The minimum Gasteiger partial charge on any atom is -0.481 e. The van der Waals surface area contributed by atoms with Gasteiger partial charge in [0.05, 0.1) is 5.92 Å². The van der Waals surface area contributed by atoms with E-state index < -0.39 is 11.9 Å². The summed E-state index contributed by atoms with van der Waals surface area (Å²) in [7, 11) is 0. The highest BCUT2D eigenvalue weighted by Crippen LogP contribution is 2.49. The number of aliphatic carboxylic acids is 1. The normalized spacial score (nSPS) is 37.6. The molecule has 82 valence electrons. The van der Waals surface area contributed by atoms with Gasteiger partial charge in [0, 0.05) is 6.08 Å². The lowest BCUT2D eigenvalue weighted by atomic mass is 9.87. The molecule has 2 aliphatic rings. The predicted octanol–water partition coefficient (Wildman–Crippen LogP) is 1.21. The van der Waals surface area contributed by atoms with Crippen molar-refractivity contribution in [1.82, 2.24) is 0 Å². The van der Waals surface area contributed by atoms with Crippen LogP contribution in [-0.4, -0.2) is 23.1 Å². The first-order valence-corrected chi connectivity index (χ1v) is 5.17. The summed E-state index contributed by atoms with van der Waals surface area (Å²) in [5, 5.41) is 8.93. The van der Waals surface area contributed by atoms with Gasteiger partial charge in [-0.15, -0.1) is 0 Å². The second-order valence-electron chi connectivity index (χ2n) is 4.35. The molecule has 0 aromatic rings. The molecular formula is C11H14O4. The quantitative estimate of drug-likeness (QED) is 0.562. The van der Waals surface area contributed by atoms with Crippen LogP contribution >= 0.6 is 0 Å². The summed E-state index contributed by atoms with van der Waals surface area (Å²) >= 11 is 0. The van der Waals surface area contributed by atoms with Crippen molar-refractivity contribution < 1.29 is 19.4 Å². The molecule has 2 aliphatic carbocycles. The van der Waals surface area contributed by atoms with Crippen LogP contribution in [0.5, 0.6) is 0 Å². The maximum absolute atomic E-state index is 11.0. The van der Waals surface area contributed by atoms with E-state index in [4.69, 9.17) is 9.84 Å². The summed E-state index contributed by atoms with van der Waals surface area (Å²) in [6.07, 6.45) is 3.29. The standard InChI is InChI=1S/C11H14O4/c1-2-10(12)15-9-5-6-3-7(9)4-8(6)11(13)14/h2,6-9H,1,3-5H2,(H,13,14). The molecule has 0 radical (unpaired) electrons. The first kappa shape index (κ1) is 10.2. The van der Waals surface area contributed by atoms with Crippen LogP contribution in [0.25, 0.3) is 0 Å². The lowest BCUT2D eigenvalue weighted by molar-refractivity contribution is -0.148. The van der Waals surface area contributed by atoms with E-state index in [1.165, 1.54) is 0 Å². The lowest BCUT2D eigenvalue weighted by Gasteiger charge is -2.24. The number of hydrogen-bond donors (Lipinski definition) is 1.